The molecule has 1 aliphatic carbocycles. The van der Waals surface area contributed by atoms with Gasteiger partial charge in [-0.05, 0) is 26.7 Å². The van der Waals surface area contributed by atoms with E-state index in [0.717, 1.165) is 11.6 Å². The molecule has 0 atom stereocenters. The second kappa shape index (κ2) is 3.91. The Morgan fingerprint density at radius 2 is 2.24 bits per heavy atom. The summed E-state index contributed by atoms with van der Waals surface area (Å²) in [6, 6.07) is 1.02. The predicted octanol–water partition coefficient (Wildman–Crippen LogP) is 2.74. The molecule has 0 spiro atoms. The van der Waals surface area contributed by atoms with Gasteiger partial charge in [0, 0.05) is 30.7 Å². The van der Waals surface area contributed by atoms with Crippen LogP contribution in [0.2, 0.25) is 0 Å². The van der Waals surface area contributed by atoms with Gasteiger partial charge in [0.15, 0.2) is 0 Å². The topological polar surface area (TPSA) is 47.7 Å². The Labute approximate surface area is 100 Å². The molecule has 1 N–H and O–H groups in total. The van der Waals surface area contributed by atoms with Crippen LogP contribution < -0.4 is 5.32 Å². The molecule has 1 fully saturated rings. The zero-order valence-corrected chi connectivity index (χ0v) is 10.2. The van der Waals surface area contributed by atoms with E-state index in [2.05, 4.69) is 33.8 Å². The highest BCUT2D eigenvalue weighted by Crippen LogP contribution is 2.37. The van der Waals surface area contributed by atoms with Crippen molar-refractivity contribution in [3.05, 3.63) is 24.8 Å². The van der Waals surface area contributed by atoms with Crippen molar-refractivity contribution in [3.8, 4) is 0 Å². The highest BCUT2D eigenvalue weighted by molar-refractivity contribution is 5.51. The molecule has 0 amide bonds. The third-order valence-electron chi connectivity index (χ3n) is 3.00. The first-order chi connectivity index (χ1) is 8.24. The van der Waals surface area contributed by atoms with Crippen LogP contribution in [0.25, 0.3) is 0 Å². The van der Waals surface area contributed by atoms with E-state index < -0.39 is 0 Å². The molecule has 0 radical (unpaired) electrons. The Morgan fingerprint density at radius 3 is 2.88 bits per heavy atom. The number of hydrogen-bond acceptors (Lipinski definition) is 3. The van der Waals surface area contributed by atoms with Crippen LogP contribution >= 0.6 is 0 Å². The molecule has 0 aliphatic heterocycles. The highest BCUT2D eigenvalue weighted by Gasteiger charge is 2.25. The van der Waals surface area contributed by atoms with Gasteiger partial charge in [0.1, 0.15) is 0 Å². The molecule has 2 aromatic heterocycles. The molecule has 2 heterocycles. The molecule has 90 valence electrons. The molecule has 0 saturated heterocycles. The van der Waals surface area contributed by atoms with Gasteiger partial charge in [-0.15, -0.1) is 0 Å². The van der Waals surface area contributed by atoms with Crippen molar-refractivity contribution in [1.29, 1.82) is 0 Å². The van der Waals surface area contributed by atoms with Crippen LogP contribution in [-0.2, 0) is 0 Å². The zero-order chi connectivity index (χ0) is 11.8. The van der Waals surface area contributed by atoms with Crippen LogP contribution in [0.5, 0.6) is 0 Å². The average Bonchev–Trinajstić information content (AvgIpc) is 2.86. The number of aromatic nitrogens is 4. The van der Waals surface area contributed by atoms with Crippen molar-refractivity contribution in [2.45, 2.75) is 38.8 Å². The summed E-state index contributed by atoms with van der Waals surface area (Å²) in [7, 11) is 0. The normalized spacial score (nSPS) is 15.5. The van der Waals surface area contributed by atoms with Crippen LogP contribution in [0.1, 0.15) is 38.8 Å². The zero-order valence-electron chi connectivity index (χ0n) is 10.2. The molecule has 5 heteroatoms. The fourth-order valence-corrected chi connectivity index (χ4v) is 1.87. The number of rotatable bonds is 4. The van der Waals surface area contributed by atoms with Crippen LogP contribution in [0.3, 0.4) is 0 Å². The van der Waals surface area contributed by atoms with Gasteiger partial charge in [-0.1, -0.05) is 0 Å². The Kier molecular flexibility index (Phi) is 2.39. The van der Waals surface area contributed by atoms with Crippen molar-refractivity contribution in [3.63, 3.8) is 0 Å². The summed E-state index contributed by atoms with van der Waals surface area (Å²) < 4.78 is 4.14. The van der Waals surface area contributed by atoms with E-state index in [0.29, 0.717) is 12.1 Å². The molecule has 17 heavy (non-hydrogen) atoms. The van der Waals surface area contributed by atoms with Gasteiger partial charge >= 0.3 is 0 Å². The van der Waals surface area contributed by atoms with E-state index in [1.54, 1.807) is 0 Å². The molecular formula is C12H17N5. The minimum absolute atomic E-state index is 0.383. The van der Waals surface area contributed by atoms with E-state index in [4.69, 9.17) is 0 Å². The van der Waals surface area contributed by atoms with Gasteiger partial charge in [-0.2, -0.15) is 5.10 Å². The van der Waals surface area contributed by atoms with Crippen molar-refractivity contribution in [2.24, 2.45) is 0 Å². The van der Waals surface area contributed by atoms with Crippen molar-refractivity contribution in [2.75, 3.05) is 5.32 Å². The standard InChI is InChI=1S/C12H17N5/c1-9(2)17-8-10(7-14-17)15-12-13-5-6-16(12)11-3-4-11/h5-9,11H,3-4H2,1-2H3,(H,13,15). The lowest BCUT2D eigenvalue weighted by atomic mass is 10.4. The smallest absolute Gasteiger partial charge is 0.207 e. The third-order valence-corrected chi connectivity index (χ3v) is 3.00. The van der Waals surface area contributed by atoms with Crippen molar-refractivity contribution in [1.82, 2.24) is 19.3 Å². The molecule has 1 saturated carbocycles. The van der Waals surface area contributed by atoms with Gasteiger partial charge in [0.05, 0.1) is 11.9 Å². The van der Waals surface area contributed by atoms with Crippen LogP contribution in [0, 0.1) is 0 Å². The summed E-state index contributed by atoms with van der Waals surface area (Å²) in [6.07, 6.45) is 10.2. The lowest BCUT2D eigenvalue weighted by Crippen LogP contribution is -2.01. The van der Waals surface area contributed by atoms with Gasteiger partial charge in [0.25, 0.3) is 0 Å². The minimum atomic E-state index is 0.383. The Hall–Kier alpha value is -1.78. The second-order valence-corrected chi connectivity index (χ2v) is 4.82. The maximum Gasteiger partial charge on any atom is 0.207 e. The fourth-order valence-electron chi connectivity index (χ4n) is 1.87. The first-order valence-corrected chi connectivity index (χ1v) is 6.08. The monoisotopic (exact) mass is 231 g/mol. The largest absolute Gasteiger partial charge is 0.323 e. The summed E-state index contributed by atoms with van der Waals surface area (Å²) in [5, 5.41) is 7.62. The lowest BCUT2D eigenvalue weighted by molar-refractivity contribution is 0.532. The van der Waals surface area contributed by atoms with Crippen LogP contribution in [-0.4, -0.2) is 19.3 Å². The second-order valence-electron chi connectivity index (χ2n) is 4.82. The van der Waals surface area contributed by atoms with E-state index in [1.807, 2.05) is 29.5 Å². The van der Waals surface area contributed by atoms with E-state index in [9.17, 15) is 0 Å². The Bertz CT molecular complexity index is 506. The van der Waals surface area contributed by atoms with Crippen LogP contribution in [0.15, 0.2) is 24.8 Å². The molecular weight excluding hydrogens is 214 g/mol. The SMILES string of the molecule is CC(C)n1cc(Nc2nccn2C2CC2)cn1. The third kappa shape index (κ3) is 2.05. The first-order valence-electron chi connectivity index (χ1n) is 6.08. The number of nitrogens with zero attached hydrogens (tertiary/aromatic N) is 4. The Balaban J connectivity index is 1.78. The van der Waals surface area contributed by atoms with Crippen molar-refractivity contribution < 1.29 is 0 Å². The van der Waals surface area contributed by atoms with E-state index >= 15 is 0 Å². The molecule has 2 aromatic rings. The molecule has 0 bridgehead atoms. The van der Waals surface area contributed by atoms with Crippen LogP contribution in [0.4, 0.5) is 11.6 Å². The van der Waals surface area contributed by atoms with E-state index in [1.165, 1.54) is 12.8 Å². The highest BCUT2D eigenvalue weighted by atomic mass is 15.3. The summed E-state index contributed by atoms with van der Waals surface area (Å²) in [5.74, 6) is 0.913. The summed E-state index contributed by atoms with van der Waals surface area (Å²) >= 11 is 0. The van der Waals surface area contributed by atoms with E-state index in [-0.39, 0.29) is 0 Å². The number of nitrogens with one attached hydrogen (secondary N) is 1. The molecule has 0 unspecified atom stereocenters. The summed E-state index contributed by atoms with van der Waals surface area (Å²) in [4.78, 5) is 4.34. The van der Waals surface area contributed by atoms with Crippen molar-refractivity contribution >= 4 is 11.6 Å². The minimum Gasteiger partial charge on any atom is -0.323 e. The number of hydrogen-bond donors (Lipinski definition) is 1. The molecule has 5 nitrogen and oxygen atoms in total. The number of anilines is 2. The fraction of sp³-hybridized carbons (Fsp3) is 0.500. The summed E-state index contributed by atoms with van der Waals surface area (Å²) in [6.45, 7) is 4.23. The molecule has 3 rings (SSSR count). The number of imidazole rings is 1. The maximum absolute atomic E-state index is 4.34. The molecule has 0 aromatic carbocycles. The Morgan fingerprint density at radius 1 is 1.41 bits per heavy atom. The van der Waals surface area contributed by atoms with Gasteiger partial charge in [0.2, 0.25) is 5.95 Å². The molecule has 1 aliphatic rings. The van der Waals surface area contributed by atoms with Gasteiger partial charge in [-0.25, -0.2) is 4.98 Å². The predicted molar refractivity (Wildman–Crippen MR) is 66.4 cm³/mol. The quantitative estimate of drug-likeness (QED) is 0.880. The van der Waals surface area contributed by atoms with Gasteiger partial charge < -0.3 is 9.88 Å². The average molecular weight is 231 g/mol. The first kappa shape index (κ1) is 10.4. The van der Waals surface area contributed by atoms with Gasteiger partial charge in [-0.3, -0.25) is 4.68 Å². The lowest BCUT2D eigenvalue weighted by Gasteiger charge is -2.07. The maximum atomic E-state index is 4.34. The summed E-state index contributed by atoms with van der Waals surface area (Å²) in [5.41, 5.74) is 0.992.